The smallest absolute Gasteiger partial charge is 0.240 e. The number of rotatable bonds is 9. The molecule has 0 saturated carbocycles. The summed E-state index contributed by atoms with van der Waals surface area (Å²) in [4.78, 5) is 29.7. The van der Waals surface area contributed by atoms with Crippen molar-refractivity contribution in [2.24, 2.45) is 11.5 Å². The maximum atomic E-state index is 13.3. The summed E-state index contributed by atoms with van der Waals surface area (Å²) < 4.78 is 13.2. The summed E-state index contributed by atoms with van der Waals surface area (Å²) in [6.45, 7) is 5.53. The zero-order valence-corrected chi connectivity index (χ0v) is 20.5. The van der Waals surface area contributed by atoms with E-state index < -0.39 is 18.0 Å². The number of primary amides is 1. The third-order valence-corrected chi connectivity index (χ3v) is 7.00. The summed E-state index contributed by atoms with van der Waals surface area (Å²) in [6, 6.07) is 12.2. The summed E-state index contributed by atoms with van der Waals surface area (Å²) in [5, 5.41) is 0.604. The van der Waals surface area contributed by atoms with E-state index in [-0.39, 0.29) is 23.7 Å². The van der Waals surface area contributed by atoms with Gasteiger partial charge in [-0.3, -0.25) is 14.5 Å². The SMILES string of the molecule is CCCC1CN(C(C(N)=O)C(C)c2ccccc2Cl)CCN1C(=O)C(N)Cc1ccc(F)cc1. The van der Waals surface area contributed by atoms with Gasteiger partial charge in [0.15, 0.2) is 0 Å². The van der Waals surface area contributed by atoms with E-state index in [1.807, 2.05) is 36.1 Å². The third kappa shape index (κ3) is 6.14. The Bertz CT molecular complexity index is 987. The van der Waals surface area contributed by atoms with Gasteiger partial charge in [-0.25, -0.2) is 4.39 Å². The Hall–Kier alpha value is -2.48. The predicted octanol–water partition coefficient (Wildman–Crippen LogP) is 3.32. The monoisotopic (exact) mass is 488 g/mol. The largest absolute Gasteiger partial charge is 0.368 e. The second kappa shape index (κ2) is 11.8. The molecule has 0 aromatic heterocycles. The highest BCUT2D eigenvalue weighted by molar-refractivity contribution is 6.31. The van der Waals surface area contributed by atoms with Crippen LogP contribution in [0.4, 0.5) is 4.39 Å². The average molecular weight is 489 g/mol. The molecule has 1 aliphatic rings. The summed E-state index contributed by atoms with van der Waals surface area (Å²) >= 11 is 6.40. The Morgan fingerprint density at radius 1 is 1.15 bits per heavy atom. The Morgan fingerprint density at radius 2 is 1.82 bits per heavy atom. The first-order valence-corrected chi connectivity index (χ1v) is 12.2. The molecule has 3 rings (SSSR count). The second-order valence-electron chi connectivity index (χ2n) is 9.06. The Labute approximate surface area is 206 Å². The van der Waals surface area contributed by atoms with Gasteiger partial charge in [0.1, 0.15) is 5.82 Å². The molecule has 0 bridgehead atoms. The number of hydrogen-bond acceptors (Lipinski definition) is 4. The van der Waals surface area contributed by atoms with E-state index in [1.165, 1.54) is 12.1 Å². The summed E-state index contributed by atoms with van der Waals surface area (Å²) in [6.07, 6.45) is 2.01. The van der Waals surface area contributed by atoms with Crippen LogP contribution in [0.1, 0.15) is 43.7 Å². The number of hydrogen-bond donors (Lipinski definition) is 2. The van der Waals surface area contributed by atoms with E-state index >= 15 is 0 Å². The Kier molecular flexibility index (Phi) is 9.05. The molecule has 1 saturated heterocycles. The lowest BCUT2D eigenvalue weighted by atomic mass is 9.90. The van der Waals surface area contributed by atoms with Crippen molar-refractivity contribution >= 4 is 23.4 Å². The molecule has 2 aromatic rings. The number of carbonyl (C=O) groups is 2. The first kappa shape index (κ1) is 26.1. The fourth-order valence-corrected chi connectivity index (χ4v) is 5.24. The van der Waals surface area contributed by atoms with E-state index in [4.69, 9.17) is 23.1 Å². The van der Waals surface area contributed by atoms with Gasteiger partial charge in [0, 0.05) is 36.6 Å². The van der Waals surface area contributed by atoms with Crippen LogP contribution in [0.3, 0.4) is 0 Å². The van der Waals surface area contributed by atoms with Crippen LogP contribution in [-0.2, 0) is 16.0 Å². The van der Waals surface area contributed by atoms with Crippen LogP contribution in [0.5, 0.6) is 0 Å². The lowest BCUT2D eigenvalue weighted by Crippen LogP contribution is -2.62. The molecule has 184 valence electrons. The van der Waals surface area contributed by atoms with Crippen LogP contribution in [-0.4, -0.2) is 59.4 Å². The minimum absolute atomic E-state index is 0.0780. The molecule has 0 radical (unpaired) electrons. The molecule has 0 spiro atoms. The fraction of sp³-hybridized carbons (Fsp3) is 0.462. The third-order valence-electron chi connectivity index (χ3n) is 6.66. The standard InChI is InChI=1S/C26H34ClFN4O2/c1-3-6-20-16-31(24(25(30)33)17(2)21-7-4-5-8-22(21)27)13-14-32(20)26(34)23(29)15-18-9-11-19(28)12-10-18/h4-5,7-12,17,20,23-24H,3,6,13-16,29H2,1-2H3,(H2,30,33). The molecular weight excluding hydrogens is 455 g/mol. The minimum atomic E-state index is -0.717. The van der Waals surface area contributed by atoms with Crippen molar-refractivity contribution in [3.63, 3.8) is 0 Å². The van der Waals surface area contributed by atoms with Crippen LogP contribution < -0.4 is 11.5 Å². The number of nitrogens with zero attached hydrogens (tertiary/aromatic N) is 2. The quantitative estimate of drug-likeness (QED) is 0.566. The predicted molar refractivity (Wildman–Crippen MR) is 133 cm³/mol. The fourth-order valence-electron chi connectivity index (χ4n) is 4.93. The Balaban J connectivity index is 1.74. The molecule has 4 N–H and O–H groups in total. The van der Waals surface area contributed by atoms with Crippen molar-refractivity contribution in [3.05, 3.63) is 70.5 Å². The van der Waals surface area contributed by atoms with Crippen molar-refractivity contribution in [2.45, 2.75) is 57.2 Å². The highest BCUT2D eigenvalue weighted by Gasteiger charge is 2.38. The number of benzene rings is 2. The molecule has 1 aliphatic heterocycles. The van der Waals surface area contributed by atoms with E-state index in [0.29, 0.717) is 31.1 Å². The van der Waals surface area contributed by atoms with E-state index in [1.54, 1.807) is 12.1 Å². The highest BCUT2D eigenvalue weighted by atomic mass is 35.5. The van der Waals surface area contributed by atoms with E-state index in [2.05, 4.69) is 11.8 Å². The Morgan fingerprint density at radius 3 is 2.44 bits per heavy atom. The topological polar surface area (TPSA) is 92.7 Å². The summed E-state index contributed by atoms with van der Waals surface area (Å²) in [5.74, 6) is -1.05. The first-order chi connectivity index (χ1) is 16.2. The van der Waals surface area contributed by atoms with Crippen LogP contribution in [0.2, 0.25) is 5.02 Å². The maximum absolute atomic E-state index is 13.3. The zero-order valence-electron chi connectivity index (χ0n) is 19.8. The molecule has 2 amide bonds. The second-order valence-corrected chi connectivity index (χ2v) is 9.47. The van der Waals surface area contributed by atoms with Crippen LogP contribution in [0.25, 0.3) is 0 Å². The molecule has 1 fully saturated rings. The van der Waals surface area contributed by atoms with Crippen molar-refractivity contribution in [1.29, 1.82) is 0 Å². The van der Waals surface area contributed by atoms with Crippen molar-refractivity contribution in [1.82, 2.24) is 9.80 Å². The van der Waals surface area contributed by atoms with Crippen molar-refractivity contribution in [3.8, 4) is 0 Å². The van der Waals surface area contributed by atoms with Crippen molar-refractivity contribution in [2.75, 3.05) is 19.6 Å². The summed E-state index contributed by atoms with van der Waals surface area (Å²) in [5.41, 5.74) is 13.8. The maximum Gasteiger partial charge on any atom is 0.240 e. The minimum Gasteiger partial charge on any atom is -0.368 e. The number of nitrogens with two attached hydrogens (primary N) is 2. The molecule has 34 heavy (non-hydrogen) atoms. The van der Waals surface area contributed by atoms with Crippen LogP contribution >= 0.6 is 11.6 Å². The van der Waals surface area contributed by atoms with E-state index in [9.17, 15) is 14.0 Å². The van der Waals surface area contributed by atoms with Gasteiger partial charge in [-0.2, -0.15) is 0 Å². The van der Waals surface area contributed by atoms with Gasteiger partial charge < -0.3 is 16.4 Å². The number of amides is 2. The van der Waals surface area contributed by atoms with Gasteiger partial charge in [-0.15, -0.1) is 0 Å². The molecule has 6 nitrogen and oxygen atoms in total. The lowest BCUT2D eigenvalue weighted by molar-refractivity contribution is -0.139. The average Bonchev–Trinajstić information content (AvgIpc) is 2.80. The van der Waals surface area contributed by atoms with Gasteiger partial charge in [0.25, 0.3) is 0 Å². The molecule has 8 heteroatoms. The van der Waals surface area contributed by atoms with Gasteiger partial charge in [-0.05, 0) is 42.2 Å². The molecular formula is C26H34ClFN4O2. The first-order valence-electron chi connectivity index (χ1n) is 11.8. The number of halogens is 2. The molecule has 2 aromatic carbocycles. The van der Waals surface area contributed by atoms with Gasteiger partial charge in [-0.1, -0.05) is 62.2 Å². The summed E-state index contributed by atoms with van der Waals surface area (Å²) in [7, 11) is 0. The molecule has 0 aliphatic carbocycles. The molecule has 1 heterocycles. The van der Waals surface area contributed by atoms with Gasteiger partial charge >= 0.3 is 0 Å². The number of carbonyl (C=O) groups excluding carboxylic acids is 2. The lowest BCUT2D eigenvalue weighted by Gasteiger charge is -2.45. The molecule has 4 unspecified atom stereocenters. The van der Waals surface area contributed by atoms with Crippen LogP contribution in [0, 0.1) is 5.82 Å². The van der Waals surface area contributed by atoms with Gasteiger partial charge in [0.2, 0.25) is 11.8 Å². The number of piperazine rings is 1. The van der Waals surface area contributed by atoms with Crippen molar-refractivity contribution < 1.29 is 14.0 Å². The van der Waals surface area contributed by atoms with Crippen LogP contribution in [0.15, 0.2) is 48.5 Å². The molecule has 4 atom stereocenters. The zero-order chi connectivity index (χ0) is 24.8. The highest BCUT2D eigenvalue weighted by Crippen LogP contribution is 2.31. The van der Waals surface area contributed by atoms with Gasteiger partial charge in [0.05, 0.1) is 12.1 Å². The van der Waals surface area contributed by atoms with E-state index in [0.717, 1.165) is 24.0 Å². The normalized spacial score (nSPS) is 19.4.